The zero-order valence-corrected chi connectivity index (χ0v) is 20.3. The molecule has 0 saturated carbocycles. The molecular weight excluding hydrogens is 433 g/mol. The van der Waals surface area contributed by atoms with Crippen LogP contribution in [0.4, 0.5) is 4.39 Å². The molecule has 0 saturated heterocycles. The lowest BCUT2D eigenvalue weighted by molar-refractivity contribution is -0.156. The molecule has 6 heteroatoms. The third-order valence-corrected chi connectivity index (χ3v) is 5.27. The Balaban J connectivity index is 1.92. The van der Waals surface area contributed by atoms with Gasteiger partial charge in [-0.25, -0.2) is 4.39 Å². The molecule has 0 amide bonds. The number of aliphatic hydroxyl groups is 1. The van der Waals surface area contributed by atoms with Crippen LogP contribution in [0.15, 0.2) is 54.6 Å². The van der Waals surface area contributed by atoms with E-state index < -0.39 is 23.5 Å². The van der Waals surface area contributed by atoms with E-state index in [-0.39, 0.29) is 24.7 Å². The second kappa shape index (κ2) is 10.3. The summed E-state index contributed by atoms with van der Waals surface area (Å²) in [7, 11) is 0. The molecule has 1 aromatic heterocycles. The van der Waals surface area contributed by atoms with Crippen molar-refractivity contribution in [3.63, 3.8) is 0 Å². The van der Waals surface area contributed by atoms with Crippen molar-refractivity contribution in [1.82, 2.24) is 4.57 Å². The first-order chi connectivity index (χ1) is 16.0. The van der Waals surface area contributed by atoms with Gasteiger partial charge in [-0.2, -0.15) is 0 Å². The summed E-state index contributed by atoms with van der Waals surface area (Å²) < 4.78 is 20.9. The summed E-state index contributed by atoms with van der Waals surface area (Å²) in [5.41, 5.74) is 2.98. The Labute approximate surface area is 199 Å². The summed E-state index contributed by atoms with van der Waals surface area (Å²) in [6, 6.07) is 14.4. The topological polar surface area (TPSA) is 68.5 Å². The average Bonchev–Trinajstić information content (AvgIpc) is 3.05. The molecule has 1 unspecified atom stereocenters. The number of halogens is 1. The third-order valence-electron chi connectivity index (χ3n) is 5.27. The molecule has 1 atom stereocenters. The van der Waals surface area contributed by atoms with Gasteiger partial charge in [0, 0.05) is 34.6 Å². The predicted octanol–water partition coefficient (Wildman–Crippen LogP) is 6.09. The van der Waals surface area contributed by atoms with Gasteiger partial charge in [-0.3, -0.25) is 9.59 Å². The largest absolute Gasteiger partial charge is 0.460 e. The van der Waals surface area contributed by atoms with Gasteiger partial charge in [0.2, 0.25) is 0 Å². The summed E-state index contributed by atoms with van der Waals surface area (Å²) in [5, 5.41) is 11.5. The highest BCUT2D eigenvalue weighted by Crippen LogP contribution is 2.38. The smallest absolute Gasteiger partial charge is 0.313 e. The van der Waals surface area contributed by atoms with Gasteiger partial charge in [-0.05, 0) is 64.5 Å². The maximum absolute atomic E-state index is 13.6. The lowest BCUT2D eigenvalue weighted by Crippen LogP contribution is -2.26. The Hall–Kier alpha value is -3.25. The molecule has 0 spiro atoms. The van der Waals surface area contributed by atoms with Gasteiger partial charge in [0.05, 0.1) is 6.10 Å². The van der Waals surface area contributed by atoms with Crippen LogP contribution in [-0.2, 0) is 14.3 Å². The first kappa shape index (κ1) is 25.4. The molecule has 5 nitrogen and oxygen atoms in total. The van der Waals surface area contributed by atoms with Crippen LogP contribution in [0.1, 0.15) is 59.2 Å². The molecule has 1 N–H and O–H groups in total. The van der Waals surface area contributed by atoms with Crippen LogP contribution in [-0.4, -0.2) is 33.1 Å². The summed E-state index contributed by atoms with van der Waals surface area (Å²) in [6.45, 7) is 9.34. The Morgan fingerprint density at radius 2 is 1.74 bits per heavy atom. The Kier molecular flexibility index (Phi) is 7.72. The Morgan fingerprint density at radius 3 is 2.35 bits per heavy atom. The Morgan fingerprint density at radius 1 is 1.09 bits per heavy atom. The number of esters is 1. The molecule has 1 heterocycles. The number of carbonyl (C=O) groups excluding carboxylic acids is 2. The number of rotatable bonds is 8. The van der Waals surface area contributed by atoms with E-state index in [0.29, 0.717) is 0 Å². The lowest BCUT2D eigenvalue weighted by atomic mass is 10.0. The van der Waals surface area contributed by atoms with Crippen LogP contribution in [0.25, 0.3) is 28.1 Å². The van der Waals surface area contributed by atoms with Crippen molar-refractivity contribution in [2.45, 2.75) is 65.2 Å². The first-order valence-electron chi connectivity index (χ1n) is 11.4. The number of nitrogens with zero attached hydrogens (tertiary/aromatic N) is 1. The van der Waals surface area contributed by atoms with E-state index in [4.69, 9.17) is 4.74 Å². The molecule has 0 aliphatic carbocycles. The van der Waals surface area contributed by atoms with Crippen LogP contribution < -0.4 is 0 Å². The van der Waals surface area contributed by atoms with Crippen LogP contribution in [0, 0.1) is 5.82 Å². The maximum atomic E-state index is 13.6. The van der Waals surface area contributed by atoms with Gasteiger partial charge < -0.3 is 14.4 Å². The van der Waals surface area contributed by atoms with Gasteiger partial charge in [-0.15, -0.1) is 0 Å². The van der Waals surface area contributed by atoms with E-state index in [1.54, 1.807) is 45.1 Å². The van der Waals surface area contributed by atoms with Crippen LogP contribution >= 0.6 is 0 Å². The quantitative estimate of drug-likeness (QED) is 0.323. The Bertz CT molecular complexity index is 1200. The minimum Gasteiger partial charge on any atom is -0.460 e. The number of hydrogen-bond acceptors (Lipinski definition) is 4. The van der Waals surface area contributed by atoms with Crippen molar-refractivity contribution in [1.29, 1.82) is 0 Å². The molecule has 2 aromatic carbocycles. The van der Waals surface area contributed by atoms with Gasteiger partial charge in [-0.1, -0.05) is 36.4 Å². The predicted molar refractivity (Wildman–Crippen MR) is 133 cm³/mol. The minimum atomic E-state index is -1.06. The van der Waals surface area contributed by atoms with Crippen LogP contribution in [0.2, 0.25) is 0 Å². The third kappa shape index (κ3) is 6.20. The number of aromatic nitrogens is 1. The van der Waals surface area contributed by atoms with E-state index in [1.807, 2.05) is 24.3 Å². The molecule has 0 bridgehead atoms. The molecule has 0 aliphatic rings. The number of para-hydroxylation sites is 1. The number of Topliss-reactive ketones (excluding diaryl/α,β-unsaturated/α-hetero) is 1. The molecule has 0 radical (unpaired) electrons. The van der Waals surface area contributed by atoms with Crippen LogP contribution in [0.3, 0.4) is 0 Å². The summed E-state index contributed by atoms with van der Waals surface area (Å²) in [6.07, 6.45) is 1.73. The highest BCUT2D eigenvalue weighted by molar-refractivity contribution is 6.01. The summed E-state index contributed by atoms with van der Waals surface area (Å²) in [4.78, 5) is 24.2. The van der Waals surface area contributed by atoms with E-state index in [2.05, 4.69) is 18.4 Å². The molecule has 180 valence electrons. The van der Waals surface area contributed by atoms with Crippen molar-refractivity contribution in [3.05, 3.63) is 66.1 Å². The maximum Gasteiger partial charge on any atom is 0.313 e. The standard InChI is InChI=1S/C28H32FNO4/c1-18(2)30-24-9-7-6-8-23(24)27(19-10-12-20(29)13-11-19)25(30)15-14-21(31)16-22(32)17-26(33)34-28(3,4)5/h6-15,18,21,31H,16-17H2,1-5H3/b15-14+. The highest BCUT2D eigenvalue weighted by atomic mass is 19.1. The minimum absolute atomic E-state index is 0.115. The van der Waals surface area contributed by atoms with Crippen molar-refractivity contribution in [2.75, 3.05) is 0 Å². The summed E-state index contributed by atoms with van der Waals surface area (Å²) >= 11 is 0. The number of carbonyl (C=O) groups is 2. The van der Waals surface area contributed by atoms with Crippen molar-refractivity contribution in [2.24, 2.45) is 0 Å². The van der Waals surface area contributed by atoms with E-state index >= 15 is 0 Å². The fourth-order valence-corrected chi connectivity index (χ4v) is 4.04. The number of hydrogen-bond donors (Lipinski definition) is 1. The number of benzene rings is 2. The monoisotopic (exact) mass is 465 g/mol. The number of ether oxygens (including phenoxy) is 1. The summed E-state index contributed by atoms with van der Waals surface area (Å²) in [5.74, 6) is -1.31. The molecule has 0 fully saturated rings. The SMILES string of the molecule is CC(C)n1c(/C=C/C(O)CC(=O)CC(=O)OC(C)(C)C)c(-c2ccc(F)cc2)c2ccccc21. The van der Waals surface area contributed by atoms with Gasteiger partial charge in [0.15, 0.2) is 0 Å². The molecule has 34 heavy (non-hydrogen) atoms. The normalized spacial score (nSPS) is 13.1. The number of aliphatic hydroxyl groups excluding tert-OH is 1. The molecule has 3 aromatic rings. The zero-order chi connectivity index (χ0) is 25.0. The number of ketones is 1. The van der Waals surface area contributed by atoms with Crippen molar-refractivity contribution >= 4 is 28.7 Å². The molecular formula is C28H32FNO4. The average molecular weight is 466 g/mol. The second-order valence-corrected chi connectivity index (χ2v) is 9.68. The van der Waals surface area contributed by atoms with E-state index in [0.717, 1.165) is 27.7 Å². The van der Waals surface area contributed by atoms with Gasteiger partial charge in [0.1, 0.15) is 23.6 Å². The lowest BCUT2D eigenvalue weighted by Gasteiger charge is -2.19. The fourth-order valence-electron chi connectivity index (χ4n) is 4.04. The first-order valence-corrected chi connectivity index (χ1v) is 11.4. The van der Waals surface area contributed by atoms with Crippen molar-refractivity contribution < 1.29 is 23.8 Å². The van der Waals surface area contributed by atoms with Crippen LogP contribution in [0.5, 0.6) is 0 Å². The molecule has 0 aliphatic heterocycles. The van der Waals surface area contributed by atoms with E-state index in [1.165, 1.54) is 12.1 Å². The van der Waals surface area contributed by atoms with Gasteiger partial charge >= 0.3 is 5.97 Å². The van der Waals surface area contributed by atoms with Crippen molar-refractivity contribution in [3.8, 4) is 11.1 Å². The van der Waals surface area contributed by atoms with Gasteiger partial charge in [0.25, 0.3) is 0 Å². The second-order valence-electron chi connectivity index (χ2n) is 9.68. The number of fused-ring (bicyclic) bond motifs is 1. The highest BCUT2D eigenvalue weighted by Gasteiger charge is 2.21. The zero-order valence-electron chi connectivity index (χ0n) is 20.3. The van der Waals surface area contributed by atoms with E-state index in [9.17, 15) is 19.1 Å². The molecule has 3 rings (SSSR count). The fraction of sp³-hybridized carbons (Fsp3) is 0.357.